The van der Waals surface area contributed by atoms with E-state index < -0.39 is 5.69 Å². The van der Waals surface area contributed by atoms with Gasteiger partial charge in [0.05, 0.1) is 17.2 Å². The number of aromatic amines is 1. The van der Waals surface area contributed by atoms with E-state index in [-0.39, 0.29) is 5.56 Å². The molecule has 0 atom stereocenters. The summed E-state index contributed by atoms with van der Waals surface area (Å²) in [5.74, 6) is 0. The Balaban J connectivity index is 2.70. The summed E-state index contributed by atoms with van der Waals surface area (Å²) in [6, 6.07) is 8.67. The molecule has 5 heteroatoms. The zero-order valence-corrected chi connectivity index (χ0v) is 9.10. The summed E-state index contributed by atoms with van der Waals surface area (Å²) in [6.07, 6.45) is 1.36. The topological polar surface area (TPSA) is 78.7 Å². The number of nitrogens with zero attached hydrogens (tertiary/aromatic N) is 2. The van der Waals surface area contributed by atoms with Gasteiger partial charge in [-0.2, -0.15) is 5.26 Å². The molecule has 0 unspecified atom stereocenters. The fourth-order valence-corrected chi connectivity index (χ4v) is 1.53. The third-order valence-corrected chi connectivity index (χ3v) is 2.48. The van der Waals surface area contributed by atoms with Gasteiger partial charge in [-0.1, -0.05) is 12.1 Å². The number of aromatic nitrogens is 2. The molecule has 0 radical (unpaired) electrons. The van der Waals surface area contributed by atoms with Crippen molar-refractivity contribution in [3.8, 4) is 17.2 Å². The number of nitrogens with one attached hydrogen (secondary N) is 1. The molecule has 1 heterocycles. The summed E-state index contributed by atoms with van der Waals surface area (Å²) in [5, 5.41) is 8.79. The summed E-state index contributed by atoms with van der Waals surface area (Å²) in [6.45, 7) is 0. The Bertz CT molecular complexity index is 720. The van der Waals surface area contributed by atoms with Gasteiger partial charge >= 0.3 is 5.69 Å². The van der Waals surface area contributed by atoms with Crippen LogP contribution in [-0.2, 0) is 7.05 Å². The lowest BCUT2D eigenvalue weighted by atomic mass is 10.1. The summed E-state index contributed by atoms with van der Waals surface area (Å²) in [4.78, 5) is 25.5. The molecule has 17 heavy (non-hydrogen) atoms. The number of hydrogen-bond acceptors (Lipinski definition) is 3. The summed E-state index contributed by atoms with van der Waals surface area (Å²) in [7, 11) is 1.40. The van der Waals surface area contributed by atoms with Crippen molar-refractivity contribution in [2.45, 2.75) is 0 Å². The highest BCUT2D eigenvalue weighted by Gasteiger charge is 2.06. The summed E-state index contributed by atoms with van der Waals surface area (Å²) < 4.78 is 0.994. The fourth-order valence-electron chi connectivity index (χ4n) is 1.53. The van der Waals surface area contributed by atoms with Crippen molar-refractivity contribution in [1.29, 1.82) is 5.26 Å². The van der Waals surface area contributed by atoms with Crippen LogP contribution in [0, 0.1) is 11.3 Å². The Hall–Kier alpha value is -2.61. The average molecular weight is 227 g/mol. The molecule has 2 rings (SSSR count). The zero-order valence-electron chi connectivity index (χ0n) is 9.10. The van der Waals surface area contributed by atoms with Crippen molar-refractivity contribution in [2.24, 2.45) is 7.05 Å². The van der Waals surface area contributed by atoms with Crippen molar-refractivity contribution in [3.05, 3.63) is 56.9 Å². The largest absolute Gasteiger partial charge is 0.328 e. The summed E-state index contributed by atoms with van der Waals surface area (Å²) >= 11 is 0. The van der Waals surface area contributed by atoms with Crippen LogP contribution in [0.25, 0.3) is 11.1 Å². The number of H-pyrrole nitrogens is 1. The predicted octanol–water partition coefficient (Wildman–Crippen LogP) is 0.612. The molecule has 0 saturated heterocycles. The van der Waals surface area contributed by atoms with Crippen LogP contribution >= 0.6 is 0 Å². The van der Waals surface area contributed by atoms with Gasteiger partial charge in [0.1, 0.15) is 0 Å². The highest BCUT2D eigenvalue weighted by molar-refractivity contribution is 5.63. The molecule has 0 fully saturated rings. The van der Waals surface area contributed by atoms with Crippen LogP contribution in [0.4, 0.5) is 0 Å². The van der Waals surface area contributed by atoms with E-state index in [1.54, 1.807) is 24.3 Å². The lowest BCUT2D eigenvalue weighted by Crippen LogP contribution is -2.32. The molecule has 0 aliphatic carbocycles. The Labute approximate surface area is 96.6 Å². The normalized spacial score (nSPS) is 9.88. The second-order valence-corrected chi connectivity index (χ2v) is 3.56. The van der Waals surface area contributed by atoms with E-state index >= 15 is 0 Å². The number of rotatable bonds is 1. The van der Waals surface area contributed by atoms with Gasteiger partial charge in [0.25, 0.3) is 5.56 Å². The standard InChI is InChI=1S/C12H9N3O2/c1-15-11(16)10(7-14-12(15)17)9-4-2-3-8(5-9)6-13/h2-5,7H,1H3,(H,14,17). The lowest BCUT2D eigenvalue weighted by molar-refractivity contribution is 0.778. The number of nitriles is 1. The Morgan fingerprint density at radius 1 is 1.35 bits per heavy atom. The Kier molecular flexibility index (Phi) is 2.63. The van der Waals surface area contributed by atoms with E-state index in [2.05, 4.69) is 4.98 Å². The average Bonchev–Trinajstić information content (AvgIpc) is 2.36. The van der Waals surface area contributed by atoms with Crippen molar-refractivity contribution >= 4 is 0 Å². The van der Waals surface area contributed by atoms with Crippen molar-refractivity contribution in [1.82, 2.24) is 9.55 Å². The first-order valence-corrected chi connectivity index (χ1v) is 4.92. The second-order valence-electron chi connectivity index (χ2n) is 3.56. The van der Waals surface area contributed by atoms with Gasteiger partial charge in [-0.15, -0.1) is 0 Å². The molecule has 0 amide bonds. The van der Waals surface area contributed by atoms with E-state index in [4.69, 9.17) is 5.26 Å². The number of benzene rings is 1. The molecule has 84 valence electrons. The minimum absolute atomic E-state index is 0.365. The van der Waals surface area contributed by atoms with E-state index in [0.717, 1.165) is 4.57 Å². The first kappa shape index (κ1) is 10.9. The zero-order chi connectivity index (χ0) is 12.4. The van der Waals surface area contributed by atoms with Gasteiger partial charge in [-0.25, -0.2) is 4.79 Å². The van der Waals surface area contributed by atoms with E-state index in [0.29, 0.717) is 16.7 Å². The van der Waals surface area contributed by atoms with Crippen LogP contribution < -0.4 is 11.2 Å². The van der Waals surface area contributed by atoms with Gasteiger partial charge in [0.15, 0.2) is 0 Å². The van der Waals surface area contributed by atoms with Gasteiger partial charge in [0, 0.05) is 13.2 Å². The maximum Gasteiger partial charge on any atom is 0.328 e. The quantitative estimate of drug-likeness (QED) is 0.775. The monoisotopic (exact) mass is 227 g/mol. The van der Waals surface area contributed by atoms with Gasteiger partial charge < -0.3 is 4.98 Å². The third-order valence-electron chi connectivity index (χ3n) is 2.48. The van der Waals surface area contributed by atoms with Crippen molar-refractivity contribution in [2.75, 3.05) is 0 Å². The molecular formula is C12H9N3O2. The van der Waals surface area contributed by atoms with Crippen LogP contribution in [0.5, 0.6) is 0 Å². The third kappa shape index (κ3) is 1.88. The molecule has 0 bridgehead atoms. The summed E-state index contributed by atoms with van der Waals surface area (Å²) in [5.41, 5.74) is 0.597. The number of hydrogen-bond donors (Lipinski definition) is 1. The molecule has 0 aliphatic heterocycles. The predicted molar refractivity (Wildman–Crippen MR) is 62.5 cm³/mol. The van der Waals surface area contributed by atoms with Gasteiger partial charge in [-0.3, -0.25) is 9.36 Å². The van der Waals surface area contributed by atoms with Gasteiger partial charge in [0.2, 0.25) is 0 Å². The van der Waals surface area contributed by atoms with E-state index in [9.17, 15) is 9.59 Å². The molecular weight excluding hydrogens is 218 g/mol. The van der Waals surface area contributed by atoms with Crippen LogP contribution in [0.1, 0.15) is 5.56 Å². The van der Waals surface area contributed by atoms with E-state index in [1.165, 1.54) is 13.2 Å². The van der Waals surface area contributed by atoms with Crippen molar-refractivity contribution < 1.29 is 0 Å². The molecule has 1 aromatic carbocycles. The van der Waals surface area contributed by atoms with Crippen molar-refractivity contribution in [3.63, 3.8) is 0 Å². The SMILES string of the molecule is Cn1c(=O)[nH]cc(-c2cccc(C#N)c2)c1=O. The minimum Gasteiger partial charge on any atom is -0.313 e. The minimum atomic E-state index is -0.463. The molecule has 5 nitrogen and oxygen atoms in total. The van der Waals surface area contributed by atoms with Gasteiger partial charge in [-0.05, 0) is 17.7 Å². The smallest absolute Gasteiger partial charge is 0.313 e. The van der Waals surface area contributed by atoms with Crippen LogP contribution in [0.2, 0.25) is 0 Å². The van der Waals surface area contributed by atoms with E-state index in [1.807, 2.05) is 6.07 Å². The maximum absolute atomic E-state index is 11.8. The fraction of sp³-hybridized carbons (Fsp3) is 0.0833. The maximum atomic E-state index is 11.8. The molecule has 0 spiro atoms. The van der Waals surface area contributed by atoms with Crippen LogP contribution in [0.3, 0.4) is 0 Å². The first-order chi connectivity index (χ1) is 8.13. The molecule has 0 saturated carbocycles. The highest BCUT2D eigenvalue weighted by Crippen LogP contribution is 2.14. The Morgan fingerprint density at radius 2 is 2.12 bits per heavy atom. The van der Waals surface area contributed by atoms with Crippen LogP contribution in [0.15, 0.2) is 40.1 Å². The lowest BCUT2D eigenvalue weighted by Gasteiger charge is -2.02. The highest BCUT2D eigenvalue weighted by atomic mass is 16.2. The molecule has 2 aromatic rings. The second kappa shape index (κ2) is 4.10. The Morgan fingerprint density at radius 3 is 2.82 bits per heavy atom. The molecule has 1 N–H and O–H groups in total. The van der Waals surface area contributed by atoms with Crippen LogP contribution in [-0.4, -0.2) is 9.55 Å². The molecule has 0 aliphatic rings. The first-order valence-electron chi connectivity index (χ1n) is 4.92. The molecule has 1 aromatic heterocycles.